The van der Waals surface area contributed by atoms with Crippen LogP contribution in [-0.4, -0.2) is 43.1 Å². The van der Waals surface area contributed by atoms with Crippen LogP contribution in [0.15, 0.2) is 0 Å². The number of likely N-dealkylation sites (tertiary alicyclic amines) is 1. The number of ether oxygens (including phenoxy) is 1. The summed E-state index contributed by atoms with van der Waals surface area (Å²) in [5.41, 5.74) is 0. The van der Waals surface area contributed by atoms with E-state index in [-0.39, 0.29) is 0 Å². The van der Waals surface area contributed by atoms with Gasteiger partial charge in [0, 0.05) is 18.5 Å². The summed E-state index contributed by atoms with van der Waals surface area (Å²) < 4.78 is 5.40. The maximum Gasteiger partial charge on any atom is 0.0602 e. The van der Waals surface area contributed by atoms with Crippen LogP contribution in [0.5, 0.6) is 0 Å². The fourth-order valence-electron chi connectivity index (χ4n) is 2.07. The van der Waals surface area contributed by atoms with E-state index in [0.29, 0.717) is 18.5 Å². The monoisotopic (exact) mass is 219 g/mol. The SMILES string of the molecule is CC1CCCN(CCOCCCl)C1C. The van der Waals surface area contributed by atoms with E-state index in [0.717, 1.165) is 19.1 Å². The molecule has 2 atom stereocenters. The molecule has 14 heavy (non-hydrogen) atoms. The molecule has 2 unspecified atom stereocenters. The third kappa shape index (κ3) is 3.76. The molecule has 0 aromatic rings. The third-order valence-electron chi connectivity index (χ3n) is 3.25. The largest absolute Gasteiger partial charge is 0.379 e. The van der Waals surface area contributed by atoms with Gasteiger partial charge in [-0.2, -0.15) is 0 Å². The second kappa shape index (κ2) is 6.65. The van der Waals surface area contributed by atoms with Crippen LogP contribution in [0, 0.1) is 5.92 Å². The molecule has 2 nitrogen and oxygen atoms in total. The van der Waals surface area contributed by atoms with Crippen molar-refractivity contribution in [1.29, 1.82) is 0 Å². The molecule has 0 amide bonds. The van der Waals surface area contributed by atoms with Crippen molar-refractivity contribution in [2.45, 2.75) is 32.7 Å². The molecule has 0 spiro atoms. The normalized spacial score (nSPS) is 29.4. The van der Waals surface area contributed by atoms with E-state index in [9.17, 15) is 0 Å². The van der Waals surface area contributed by atoms with Crippen LogP contribution in [0.3, 0.4) is 0 Å². The number of rotatable bonds is 5. The Morgan fingerprint density at radius 1 is 1.36 bits per heavy atom. The van der Waals surface area contributed by atoms with Gasteiger partial charge in [-0.05, 0) is 32.2 Å². The molecule has 0 bridgehead atoms. The smallest absolute Gasteiger partial charge is 0.0602 e. The van der Waals surface area contributed by atoms with Gasteiger partial charge in [0.05, 0.1) is 13.2 Å². The first-order chi connectivity index (χ1) is 6.75. The molecule has 0 N–H and O–H groups in total. The highest BCUT2D eigenvalue weighted by Gasteiger charge is 2.23. The second-order valence-electron chi connectivity index (χ2n) is 4.20. The summed E-state index contributed by atoms with van der Waals surface area (Å²) >= 11 is 5.54. The highest BCUT2D eigenvalue weighted by molar-refractivity contribution is 6.17. The van der Waals surface area contributed by atoms with Crippen molar-refractivity contribution >= 4 is 11.6 Å². The van der Waals surface area contributed by atoms with E-state index in [4.69, 9.17) is 16.3 Å². The zero-order chi connectivity index (χ0) is 10.4. The molecule has 3 heteroatoms. The first-order valence-corrected chi connectivity index (χ1v) is 6.17. The molecule has 1 aliphatic rings. The van der Waals surface area contributed by atoms with E-state index in [1.807, 2.05) is 0 Å². The van der Waals surface area contributed by atoms with Crippen molar-refractivity contribution in [2.75, 3.05) is 32.2 Å². The lowest BCUT2D eigenvalue weighted by atomic mass is 9.92. The van der Waals surface area contributed by atoms with Crippen LogP contribution in [-0.2, 0) is 4.74 Å². The maximum absolute atomic E-state index is 5.54. The van der Waals surface area contributed by atoms with Gasteiger partial charge in [-0.3, -0.25) is 4.90 Å². The molecule has 0 aromatic carbocycles. The van der Waals surface area contributed by atoms with Gasteiger partial charge < -0.3 is 4.74 Å². The summed E-state index contributed by atoms with van der Waals surface area (Å²) in [4.78, 5) is 2.53. The number of hydrogen-bond acceptors (Lipinski definition) is 2. The minimum atomic E-state index is 0.603. The molecule has 1 saturated heterocycles. The van der Waals surface area contributed by atoms with Gasteiger partial charge in [-0.25, -0.2) is 0 Å². The number of halogens is 1. The van der Waals surface area contributed by atoms with Gasteiger partial charge in [0.25, 0.3) is 0 Å². The molecular formula is C11H22ClNO. The molecule has 0 radical (unpaired) electrons. The van der Waals surface area contributed by atoms with E-state index < -0.39 is 0 Å². The van der Waals surface area contributed by atoms with E-state index >= 15 is 0 Å². The summed E-state index contributed by atoms with van der Waals surface area (Å²) in [5.74, 6) is 1.43. The third-order valence-corrected chi connectivity index (χ3v) is 3.40. The molecule has 84 valence electrons. The van der Waals surface area contributed by atoms with Crippen molar-refractivity contribution in [3.8, 4) is 0 Å². The predicted molar refractivity (Wildman–Crippen MR) is 61.0 cm³/mol. The van der Waals surface area contributed by atoms with Crippen molar-refractivity contribution in [1.82, 2.24) is 4.90 Å². The Bertz CT molecular complexity index is 154. The van der Waals surface area contributed by atoms with Gasteiger partial charge in [0.15, 0.2) is 0 Å². The first kappa shape index (κ1) is 12.3. The van der Waals surface area contributed by atoms with Crippen molar-refractivity contribution < 1.29 is 4.74 Å². The number of alkyl halides is 1. The van der Waals surface area contributed by atoms with Crippen LogP contribution in [0.2, 0.25) is 0 Å². The fourth-order valence-corrected chi connectivity index (χ4v) is 2.18. The van der Waals surface area contributed by atoms with Crippen LogP contribution >= 0.6 is 11.6 Å². The molecule has 0 aromatic heterocycles. The van der Waals surface area contributed by atoms with E-state index in [1.54, 1.807) is 0 Å². The predicted octanol–water partition coefficient (Wildman–Crippen LogP) is 2.36. The molecule has 1 fully saturated rings. The Balaban J connectivity index is 2.15. The van der Waals surface area contributed by atoms with E-state index in [1.165, 1.54) is 19.4 Å². The van der Waals surface area contributed by atoms with Crippen LogP contribution < -0.4 is 0 Å². The number of hydrogen-bond donors (Lipinski definition) is 0. The minimum absolute atomic E-state index is 0.603. The highest BCUT2D eigenvalue weighted by Crippen LogP contribution is 2.22. The lowest BCUT2D eigenvalue weighted by Crippen LogP contribution is -2.43. The maximum atomic E-state index is 5.54. The first-order valence-electron chi connectivity index (χ1n) is 5.63. The summed E-state index contributed by atoms with van der Waals surface area (Å²) in [6, 6.07) is 0.711. The Hall–Kier alpha value is 0.210. The fraction of sp³-hybridized carbons (Fsp3) is 1.00. The Kier molecular flexibility index (Phi) is 5.83. The summed E-state index contributed by atoms with van der Waals surface area (Å²) in [7, 11) is 0. The topological polar surface area (TPSA) is 12.5 Å². The molecule has 1 heterocycles. The lowest BCUT2D eigenvalue weighted by molar-refractivity contribution is 0.0632. The van der Waals surface area contributed by atoms with Crippen molar-refractivity contribution in [3.05, 3.63) is 0 Å². The Morgan fingerprint density at radius 2 is 2.14 bits per heavy atom. The van der Waals surface area contributed by atoms with Crippen molar-refractivity contribution in [2.24, 2.45) is 5.92 Å². The number of piperidine rings is 1. The summed E-state index contributed by atoms with van der Waals surface area (Å²) in [6.07, 6.45) is 2.71. The Morgan fingerprint density at radius 3 is 2.86 bits per heavy atom. The van der Waals surface area contributed by atoms with Gasteiger partial charge in [-0.15, -0.1) is 11.6 Å². The van der Waals surface area contributed by atoms with Crippen LogP contribution in [0.25, 0.3) is 0 Å². The quantitative estimate of drug-likeness (QED) is 0.520. The standard InChI is InChI=1S/C11H22ClNO/c1-10-4-3-6-13(11(10)2)7-9-14-8-5-12/h10-11H,3-9H2,1-2H3. The second-order valence-corrected chi connectivity index (χ2v) is 4.58. The zero-order valence-electron chi connectivity index (χ0n) is 9.34. The molecule has 0 aliphatic carbocycles. The van der Waals surface area contributed by atoms with Crippen molar-refractivity contribution in [3.63, 3.8) is 0 Å². The highest BCUT2D eigenvalue weighted by atomic mass is 35.5. The summed E-state index contributed by atoms with van der Waals surface area (Å²) in [5, 5.41) is 0. The van der Waals surface area contributed by atoms with Gasteiger partial charge in [-0.1, -0.05) is 6.92 Å². The summed E-state index contributed by atoms with van der Waals surface area (Å²) in [6.45, 7) is 8.46. The average molecular weight is 220 g/mol. The molecule has 1 aliphatic heterocycles. The lowest BCUT2D eigenvalue weighted by Gasteiger charge is -2.37. The molecular weight excluding hydrogens is 198 g/mol. The van der Waals surface area contributed by atoms with E-state index in [2.05, 4.69) is 18.7 Å². The van der Waals surface area contributed by atoms with Gasteiger partial charge in [0.1, 0.15) is 0 Å². The zero-order valence-corrected chi connectivity index (χ0v) is 10.1. The average Bonchev–Trinajstić information content (AvgIpc) is 2.19. The van der Waals surface area contributed by atoms with Crippen LogP contribution in [0.4, 0.5) is 0 Å². The Labute approximate surface area is 92.6 Å². The van der Waals surface area contributed by atoms with Gasteiger partial charge >= 0.3 is 0 Å². The minimum Gasteiger partial charge on any atom is -0.379 e. The van der Waals surface area contributed by atoms with Gasteiger partial charge in [0.2, 0.25) is 0 Å². The molecule has 0 saturated carbocycles. The van der Waals surface area contributed by atoms with Crippen LogP contribution in [0.1, 0.15) is 26.7 Å². The molecule has 1 rings (SSSR count). The number of nitrogens with zero attached hydrogens (tertiary/aromatic N) is 1.